The van der Waals surface area contributed by atoms with Crippen molar-refractivity contribution in [3.8, 4) is 0 Å². The highest BCUT2D eigenvalue weighted by molar-refractivity contribution is 7.91. The van der Waals surface area contributed by atoms with Gasteiger partial charge in [0.25, 0.3) is 0 Å². The standard InChI is InChI=1S/C18H24N2O4S/c1-12-15-6-4-5-7-16(15)24-18(12)13(2)19-17(21)10-20(3)14-8-9-25(22,23)11-14/h4-7,13-14H,8-11H2,1-3H3,(H,19,21)/t13-,14-/m1/s1. The highest BCUT2D eigenvalue weighted by Crippen LogP contribution is 2.29. The number of nitrogens with zero attached hydrogens (tertiary/aromatic N) is 1. The molecule has 2 aromatic rings. The normalized spacial score (nSPS) is 20.9. The number of carbonyl (C=O) groups is 1. The molecule has 0 radical (unpaired) electrons. The zero-order valence-corrected chi connectivity index (χ0v) is 15.6. The molecule has 2 atom stereocenters. The lowest BCUT2D eigenvalue weighted by atomic mass is 10.1. The van der Waals surface area contributed by atoms with Crippen LogP contribution in [0.1, 0.15) is 30.7 Å². The Labute approximate surface area is 148 Å². The second-order valence-corrected chi connectivity index (χ2v) is 9.08. The van der Waals surface area contributed by atoms with Gasteiger partial charge in [0.05, 0.1) is 24.1 Å². The summed E-state index contributed by atoms with van der Waals surface area (Å²) in [7, 11) is -1.16. The third-order valence-corrected chi connectivity index (χ3v) is 6.63. The van der Waals surface area contributed by atoms with Crippen molar-refractivity contribution in [3.63, 3.8) is 0 Å². The van der Waals surface area contributed by atoms with Gasteiger partial charge in [-0.15, -0.1) is 0 Å². The Morgan fingerprint density at radius 2 is 2.12 bits per heavy atom. The van der Waals surface area contributed by atoms with Crippen LogP contribution in [-0.4, -0.2) is 50.4 Å². The van der Waals surface area contributed by atoms with Gasteiger partial charge in [-0.1, -0.05) is 18.2 Å². The van der Waals surface area contributed by atoms with Crippen LogP contribution in [0.4, 0.5) is 0 Å². The molecule has 25 heavy (non-hydrogen) atoms. The van der Waals surface area contributed by atoms with Crippen LogP contribution in [0.3, 0.4) is 0 Å². The number of rotatable bonds is 5. The molecule has 1 fully saturated rings. The van der Waals surface area contributed by atoms with E-state index in [1.54, 1.807) is 7.05 Å². The number of benzene rings is 1. The van der Waals surface area contributed by atoms with Crippen molar-refractivity contribution in [3.05, 3.63) is 35.6 Å². The van der Waals surface area contributed by atoms with Gasteiger partial charge in [-0.3, -0.25) is 9.69 Å². The van der Waals surface area contributed by atoms with Crippen LogP contribution in [0.5, 0.6) is 0 Å². The van der Waals surface area contributed by atoms with Gasteiger partial charge >= 0.3 is 0 Å². The summed E-state index contributed by atoms with van der Waals surface area (Å²) in [5.74, 6) is 0.951. The molecule has 1 N–H and O–H groups in total. The molecular weight excluding hydrogens is 340 g/mol. The quantitative estimate of drug-likeness (QED) is 0.878. The molecule has 1 aromatic carbocycles. The van der Waals surface area contributed by atoms with Gasteiger partial charge in [0.1, 0.15) is 11.3 Å². The number of amides is 1. The molecule has 1 aliphatic heterocycles. The molecule has 0 aliphatic carbocycles. The summed E-state index contributed by atoms with van der Waals surface area (Å²) >= 11 is 0. The number of aryl methyl sites for hydroxylation is 1. The summed E-state index contributed by atoms with van der Waals surface area (Å²) in [6.45, 7) is 4.05. The first-order valence-electron chi connectivity index (χ1n) is 8.45. The molecule has 1 aromatic heterocycles. The topological polar surface area (TPSA) is 79.6 Å². The number of nitrogens with one attached hydrogen (secondary N) is 1. The van der Waals surface area contributed by atoms with Crippen LogP contribution >= 0.6 is 0 Å². The Morgan fingerprint density at radius 3 is 2.76 bits per heavy atom. The van der Waals surface area contributed by atoms with Gasteiger partial charge in [0.2, 0.25) is 5.91 Å². The lowest BCUT2D eigenvalue weighted by Crippen LogP contribution is -2.41. The van der Waals surface area contributed by atoms with E-state index in [9.17, 15) is 13.2 Å². The molecule has 0 spiro atoms. The van der Waals surface area contributed by atoms with Gasteiger partial charge in [-0.05, 0) is 33.4 Å². The summed E-state index contributed by atoms with van der Waals surface area (Å²) in [6.07, 6.45) is 0.588. The number of furan rings is 1. The maximum atomic E-state index is 12.3. The van der Waals surface area contributed by atoms with E-state index < -0.39 is 9.84 Å². The number of carbonyl (C=O) groups excluding carboxylic acids is 1. The molecule has 6 nitrogen and oxygen atoms in total. The predicted molar refractivity (Wildman–Crippen MR) is 97.2 cm³/mol. The molecule has 1 saturated heterocycles. The second-order valence-electron chi connectivity index (χ2n) is 6.85. The molecule has 1 aliphatic rings. The zero-order chi connectivity index (χ0) is 18.2. The molecule has 7 heteroatoms. The zero-order valence-electron chi connectivity index (χ0n) is 14.8. The van der Waals surface area contributed by atoms with Crippen molar-refractivity contribution in [2.24, 2.45) is 0 Å². The largest absolute Gasteiger partial charge is 0.459 e. The second kappa shape index (κ2) is 6.80. The first-order valence-corrected chi connectivity index (χ1v) is 10.3. The van der Waals surface area contributed by atoms with Gasteiger partial charge in [0.15, 0.2) is 9.84 Å². The fraction of sp³-hybridized carbons (Fsp3) is 0.500. The van der Waals surface area contributed by atoms with Crippen molar-refractivity contribution in [1.82, 2.24) is 10.2 Å². The van der Waals surface area contributed by atoms with Crippen molar-refractivity contribution in [2.45, 2.75) is 32.4 Å². The lowest BCUT2D eigenvalue weighted by molar-refractivity contribution is -0.123. The Bertz CT molecular complexity index is 888. The number of fused-ring (bicyclic) bond motifs is 1. The van der Waals surface area contributed by atoms with Crippen LogP contribution < -0.4 is 5.32 Å². The maximum absolute atomic E-state index is 12.3. The molecule has 136 valence electrons. The monoisotopic (exact) mass is 364 g/mol. The molecule has 0 saturated carbocycles. The minimum Gasteiger partial charge on any atom is -0.459 e. The number of hydrogen-bond donors (Lipinski definition) is 1. The minimum absolute atomic E-state index is 0.0843. The number of hydrogen-bond acceptors (Lipinski definition) is 5. The molecule has 2 heterocycles. The van der Waals surface area contributed by atoms with Gasteiger partial charge in [0, 0.05) is 17.0 Å². The average molecular weight is 364 g/mol. The Morgan fingerprint density at radius 1 is 1.40 bits per heavy atom. The van der Waals surface area contributed by atoms with Crippen molar-refractivity contribution < 1.29 is 17.6 Å². The average Bonchev–Trinajstić information content (AvgIpc) is 3.08. The summed E-state index contributed by atoms with van der Waals surface area (Å²) in [6, 6.07) is 7.46. The summed E-state index contributed by atoms with van der Waals surface area (Å²) < 4.78 is 29.0. The number of likely N-dealkylation sites (N-methyl/N-ethyl adjacent to an activating group) is 1. The van der Waals surface area contributed by atoms with Gasteiger partial charge < -0.3 is 9.73 Å². The van der Waals surface area contributed by atoms with Crippen molar-refractivity contribution in [1.29, 1.82) is 0 Å². The number of para-hydroxylation sites is 1. The number of sulfone groups is 1. The Kier molecular flexibility index (Phi) is 4.88. The van der Waals surface area contributed by atoms with Crippen LogP contribution in [0.2, 0.25) is 0 Å². The molecule has 0 unspecified atom stereocenters. The lowest BCUT2D eigenvalue weighted by Gasteiger charge is -2.23. The SMILES string of the molecule is Cc1c([C@@H](C)NC(=O)CN(C)[C@@H]2CCS(=O)(=O)C2)oc2ccccc12. The van der Waals surface area contributed by atoms with E-state index in [-0.39, 0.29) is 36.0 Å². The Balaban J connectivity index is 1.63. The van der Waals surface area contributed by atoms with Crippen LogP contribution in [0.15, 0.2) is 28.7 Å². The van der Waals surface area contributed by atoms with E-state index in [4.69, 9.17) is 4.42 Å². The minimum atomic E-state index is -2.95. The van der Waals surface area contributed by atoms with Crippen LogP contribution in [0.25, 0.3) is 11.0 Å². The van der Waals surface area contributed by atoms with E-state index in [1.165, 1.54) is 0 Å². The van der Waals surface area contributed by atoms with Crippen LogP contribution in [-0.2, 0) is 14.6 Å². The van der Waals surface area contributed by atoms with E-state index in [2.05, 4.69) is 5.32 Å². The highest BCUT2D eigenvalue weighted by Gasteiger charge is 2.31. The van der Waals surface area contributed by atoms with E-state index in [0.717, 1.165) is 22.3 Å². The molecule has 3 rings (SSSR count). The molecular formula is C18H24N2O4S. The van der Waals surface area contributed by atoms with E-state index in [0.29, 0.717) is 6.42 Å². The third kappa shape index (κ3) is 3.88. The Hall–Kier alpha value is -1.86. The third-order valence-electron chi connectivity index (χ3n) is 4.88. The fourth-order valence-electron chi connectivity index (χ4n) is 3.44. The first-order chi connectivity index (χ1) is 11.8. The van der Waals surface area contributed by atoms with Gasteiger partial charge in [-0.2, -0.15) is 0 Å². The maximum Gasteiger partial charge on any atom is 0.234 e. The van der Waals surface area contributed by atoms with Crippen molar-refractivity contribution >= 4 is 26.7 Å². The first kappa shape index (κ1) is 17.9. The van der Waals surface area contributed by atoms with E-state index in [1.807, 2.05) is 43.0 Å². The fourth-order valence-corrected chi connectivity index (χ4v) is 5.24. The van der Waals surface area contributed by atoms with Crippen molar-refractivity contribution in [2.75, 3.05) is 25.1 Å². The van der Waals surface area contributed by atoms with Gasteiger partial charge in [-0.25, -0.2) is 8.42 Å². The molecule has 0 bridgehead atoms. The van der Waals surface area contributed by atoms with Crippen LogP contribution in [0, 0.1) is 6.92 Å². The smallest absolute Gasteiger partial charge is 0.234 e. The summed E-state index contributed by atoms with van der Waals surface area (Å²) in [5.41, 5.74) is 1.84. The highest BCUT2D eigenvalue weighted by atomic mass is 32.2. The summed E-state index contributed by atoms with van der Waals surface area (Å²) in [4.78, 5) is 14.2. The molecule has 1 amide bonds. The van der Waals surface area contributed by atoms with E-state index >= 15 is 0 Å². The predicted octanol–water partition coefficient (Wildman–Crippen LogP) is 2.04. The summed E-state index contributed by atoms with van der Waals surface area (Å²) in [5, 5.41) is 4.00.